The van der Waals surface area contributed by atoms with E-state index in [9.17, 15) is 18.0 Å². The molecule has 0 saturated heterocycles. The molecule has 0 spiro atoms. The highest BCUT2D eigenvalue weighted by atomic mass is 32.2. The third-order valence-corrected chi connectivity index (χ3v) is 5.78. The second kappa shape index (κ2) is 5.59. The van der Waals surface area contributed by atoms with Crippen LogP contribution in [0.25, 0.3) is 0 Å². The monoisotopic (exact) mass is 316 g/mol. The van der Waals surface area contributed by atoms with Crippen molar-refractivity contribution in [2.75, 3.05) is 6.26 Å². The van der Waals surface area contributed by atoms with Gasteiger partial charge in [-0.15, -0.1) is 0 Å². The van der Waals surface area contributed by atoms with Crippen molar-refractivity contribution in [1.29, 1.82) is 0 Å². The molecule has 1 heterocycles. The van der Waals surface area contributed by atoms with Gasteiger partial charge in [0.1, 0.15) is 0 Å². The average molecular weight is 316 g/mol. The fourth-order valence-electron chi connectivity index (χ4n) is 1.93. The number of hydrogen-bond donors (Lipinski definition) is 1. The zero-order chi connectivity index (χ0) is 16.6. The van der Waals surface area contributed by atoms with E-state index in [4.69, 9.17) is 5.11 Å². The van der Waals surface area contributed by atoms with Gasteiger partial charge in [0.25, 0.3) is 0 Å². The number of aromatic nitrogens is 2. The van der Waals surface area contributed by atoms with Gasteiger partial charge in [-0.1, -0.05) is 0 Å². The lowest BCUT2D eigenvalue weighted by Gasteiger charge is -2.25. The number of aliphatic carboxylic acids is 1. The predicted molar refractivity (Wildman–Crippen MR) is 78.2 cm³/mol. The maximum atomic E-state index is 12.0. The largest absolute Gasteiger partial charge is 0.481 e. The maximum Gasteiger partial charge on any atom is 0.348 e. The first-order valence-corrected chi connectivity index (χ1v) is 8.24. The molecule has 1 rings (SSSR count). The molecule has 7 nitrogen and oxygen atoms in total. The number of carboxylic acid groups (broad SMARTS) is 1. The Hall–Kier alpha value is -1.70. The van der Waals surface area contributed by atoms with Crippen molar-refractivity contribution in [1.82, 2.24) is 9.55 Å². The molecule has 0 atom stereocenters. The zero-order valence-electron chi connectivity index (χ0n) is 12.8. The summed E-state index contributed by atoms with van der Waals surface area (Å²) in [6, 6.07) is 0. The number of rotatable bonds is 5. The maximum absolute atomic E-state index is 12.0. The van der Waals surface area contributed by atoms with Crippen LogP contribution in [0, 0.1) is 13.8 Å². The lowest BCUT2D eigenvalue weighted by Crippen LogP contribution is -2.41. The van der Waals surface area contributed by atoms with Gasteiger partial charge >= 0.3 is 11.7 Å². The number of sulfone groups is 1. The van der Waals surface area contributed by atoms with E-state index in [1.165, 1.54) is 18.4 Å². The van der Waals surface area contributed by atoms with Crippen molar-refractivity contribution >= 4 is 15.8 Å². The number of carboxylic acids is 1. The van der Waals surface area contributed by atoms with Crippen molar-refractivity contribution in [3.8, 4) is 0 Å². The van der Waals surface area contributed by atoms with Crippen LogP contribution in [0.15, 0.2) is 4.79 Å². The lowest BCUT2D eigenvalue weighted by molar-refractivity contribution is -0.136. The summed E-state index contributed by atoms with van der Waals surface area (Å²) in [6.45, 7) is 6.14. The Balaban J connectivity index is 3.45. The van der Waals surface area contributed by atoms with Crippen LogP contribution >= 0.6 is 0 Å². The molecule has 21 heavy (non-hydrogen) atoms. The van der Waals surface area contributed by atoms with Gasteiger partial charge in [0.15, 0.2) is 9.84 Å². The molecule has 1 N–H and O–H groups in total. The van der Waals surface area contributed by atoms with E-state index in [1.807, 2.05) is 0 Å². The van der Waals surface area contributed by atoms with Gasteiger partial charge in [-0.05, 0) is 27.7 Å². The molecule has 0 saturated carbocycles. The summed E-state index contributed by atoms with van der Waals surface area (Å²) in [4.78, 5) is 26.7. The Bertz CT molecular complexity index is 732. The first-order chi connectivity index (χ1) is 9.36. The second-order valence-electron chi connectivity index (χ2n) is 5.73. The molecule has 0 unspecified atom stereocenters. The SMILES string of the molecule is Cc1nc(=O)n(CC(C)(C)S(C)(=O)=O)c(C)c1CC(=O)O. The van der Waals surface area contributed by atoms with Gasteiger partial charge in [-0.3, -0.25) is 9.36 Å². The van der Waals surface area contributed by atoms with E-state index in [0.29, 0.717) is 17.0 Å². The number of nitrogens with zero attached hydrogens (tertiary/aromatic N) is 2. The van der Waals surface area contributed by atoms with Crippen LogP contribution in [-0.2, 0) is 27.6 Å². The molecular weight excluding hydrogens is 296 g/mol. The highest BCUT2D eigenvalue weighted by molar-refractivity contribution is 7.92. The molecule has 8 heteroatoms. The molecule has 0 fully saturated rings. The summed E-state index contributed by atoms with van der Waals surface area (Å²) in [7, 11) is -3.38. The van der Waals surface area contributed by atoms with Gasteiger partial charge in [-0.25, -0.2) is 13.2 Å². The summed E-state index contributed by atoms with van der Waals surface area (Å²) < 4.78 is 23.6. The van der Waals surface area contributed by atoms with Crippen LogP contribution in [0.4, 0.5) is 0 Å². The first kappa shape index (κ1) is 17.4. The number of aryl methyl sites for hydroxylation is 1. The Labute approximate surface area is 123 Å². The van der Waals surface area contributed by atoms with Crippen LogP contribution < -0.4 is 5.69 Å². The molecular formula is C13H20N2O5S. The smallest absolute Gasteiger partial charge is 0.348 e. The number of carbonyl (C=O) groups is 1. The average Bonchev–Trinajstić information content (AvgIpc) is 2.28. The van der Waals surface area contributed by atoms with Crippen molar-refractivity contribution in [2.45, 2.75) is 45.4 Å². The van der Waals surface area contributed by atoms with Gasteiger partial charge in [0.05, 0.1) is 11.2 Å². The van der Waals surface area contributed by atoms with Crippen molar-refractivity contribution in [3.05, 3.63) is 27.4 Å². The minimum atomic E-state index is -3.38. The van der Waals surface area contributed by atoms with E-state index >= 15 is 0 Å². The summed E-state index contributed by atoms with van der Waals surface area (Å²) in [6.07, 6.45) is 0.845. The zero-order valence-corrected chi connectivity index (χ0v) is 13.6. The molecule has 118 valence electrons. The van der Waals surface area contributed by atoms with Crippen LogP contribution in [0.1, 0.15) is 30.8 Å². The summed E-state index contributed by atoms with van der Waals surface area (Å²) in [5.74, 6) is -1.03. The van der Waals surface area contributed by atoms with E-state index in [2.05, 4.69) is 4.98 Å². The minimum Gasteiger partial charge on any atom is -0.481 e. The third-order valence-electron chi connectivity index (χ3n) is 3.64. The van der Waals surface area contributed by atoms with Crippen molar-refractivity contribution in [2.24, 2.45) is 0 Å². The Morgan fingerprint density at radius 2 is 1.86 bits per heavy atom. The Kier molecular flexibility index (Phi) is 4.62. The normalized spacial score (nSPS) is 12.4. The quantitative estimate of drug-likeness (QED) is 0.838. The summed E-state index contributed by atoms with van der Waals surface area (Å²) in [5.41, 5.74) is 0.655. The predicted octanol–water partition coefficient (Wildman–Crippen LogP) is 0.310. The molecule has 0 aliphatic heterocycles. The molecule has 1 aromatic heterocycles. The van der Waals surface area contributed by atoms with Gasteiger partial charge < -0.3 is 5.11 Å². The molecule has 0 bridgehead atoms. The molecule has 1 aromatic rings. The summed E-state index contributed by atoms with van der Waals surface area (Å²) >= 11 is 0. The van der Waals surface area contributed by atoms with E-state index in [1.54, 1.807) is 13.8 Å². The third kappa shape index (κ3) is 3.69. The van der Waals surface area contributed by atoms with E-state index < -0.39 is 26.2 Å². The standard InChI is InChI=1S/C13H20N2O5S/c1-8-10(6-11(16)17)9(2)15(12(18)14-8)7-13(3,4)21(5,19)20/h6-7H2,1-5H3,(H,16,17). The van der Waals surface area contributed by atoms with E-state index in [-0.39, 0.29) is 13.0 Å². The highest BCUT2D eigenvalue weighted by Gasteiger charge is 2.32. The molecule has 0 aromatic carbocycles. The van der Waals surface area contributed by atoms with Crippen LogP contribution in [0.5, 0.6) is 0 Å². The molecule has 0 aliphatic rings. The van der Waals surface area contributed by atoms with Gasteiger partial charge in [0, 0.05) is 29.8 Å². The van der Waals surface area contributed by atoms with Crippen molar-refractivity contribution < 1.29 is 18.3 Å². The Morgan fingerprint density at radius 1 is 1.33 bits per heavy atom. The lowest BCUT2D eigenvalue weighted by atomic mass is 10.1. The molecule has 0 amide bonds. The first-order valence-electron chi connectivity index (χ1n) is 6.35. The van der Waals surface area contributed by atoms with Crippen LogP contribution in [0.2, 0.25) is 0 Å². The molecule has 0 aliphatic carbocycles. The summed E-state index contributed by atoms with van der Waals surface area (Å²) in [5, 5.41) is 8.93. The van der Waals surface area contributed by atoms with Crippen molar-refractivity contribution in [3.63, 3.8) is 0 Å². The minimum absolute atomic E-state index is 0.0730. The highest BCUT2D eigenvalue weighted by Crippen LogP contribution is 2.19. The molecule has 0 radical (unpaired) electrons. The van der Waals surface area contributed by atoms with Crippen LogP contribution in [-0.4, -0.2) is 40.0 Å². The number of hydrogen-bond acceptors (Lipinski definition) is 5. The van der Waals surface area contributed by atoms with Crippen LogP contribution in [0.3, 0.4) is 0 Å². The second-order valence-corrected chi connectivity index (χ2v) is 8.38. The fourth-order valence-corrected chi connectivity index (χ4v) is 2.29. The van der Waals surface area contributed by atoms with E-state index in [0.717, 1.165) is 6.26 Å². The fraction of sp³-hybridized carbons (Fsp3) is 0.615. The topological polar surface area (TPSA) is 106 Å². The van der Waals surface area contributed by atoms with Gasteiger partial charge in [-0.2, -0.15) is 4.98 Å². The Morgan fingerprint density at radius 3 is 2.29 bits per heavy atom. The van der Waals surface area contributed by atoms with Gasteiger partial charge in [0.2, 0.25) is 0 Å².